The predicted molar refractivity (Wildman–Crippen MR) is 98.7 cm³/mol. The summed E-state index contributed by atoms with van der Waals surface area (Å²) in [6.45, 7) is 3.28. The lowest BCUT2D eigenvalue weighted by atomic mass is 9.92. The van der Waals surface area contributed by atoms with E-state index in [9.17, 15) is 15.0 Å². The average Bonchev–Trinajstić information content (AvgIpc) is 2.60. The number of fused-ring (bicyclic) bond motifs is 1. The van der Waals surface area contributed by atoms with Crippen LogP contribution in [0.15, 0.2) is 42.5 Å². The number of ketones is 1. The van der Waals surface area contributed by atoms with Gasteiger partial charge in [-0.05, 0) is 25.5 Å². The van der Waals surface area contributed by atoms with Gasteiger partial charge >= 0.3 is 0 Å². The largest absolute Gasteiger partial charge is 0.507 e. The minimum absolute atomic E-state index is 0.144. The molecule has 0 saturated carbocycles. The molecule has 5 heteroatoms. The standard InChI is InChI=1S/C21H22O5/c1-21(2,24)10-9-14-18(25-3)12-16(23)19-15(22)11-17(26-20(14)19)13-7-5-4-6-8-13/h4-10,12,17,23-24H,11H2,1-3H3/b10-9+/t17-/m1/s1. The summed E-state index contributed by atoms with van der Waals surface area (Å²) in [6.07, 6.45) is 2.93. The van der Waals surface area contributed by atoms with Crippen LogP contribution >= 0.6 is 0 Å². The van der Waals surface area contributed by atoms with E-state index in [0.29, 0.717) is 11.3 Å². The lowest BCUT2D eigenvalue weighted by molar-refractivity contribution is 0.0844. The summed E-state index contributed by atoms with van der Waals surface area (Å²) in [5, 5.41) is 20.3. The van der Waals surface area contributed by atoms with Gasteiger partial charge in [0.2, 0.25) is 0 Å². The van der Waals surface area contributed by atoms with E-state index in [1.165, 1.54) is 13.2 Å². The van der Waals surface area contributed by atoms with Crippen LogP contribution in [0.5, 0.6) is 17.2 Å². The van der Waals surface area contributed by atoms with Crippen molar-refractivity contribution in [2.24, 2.45) is 0 Å². The fraction of sp³-hybridized carbons (Fsp3) is 0.286. The maximum atomic E-state index is 12.7. The summed E-state index contributed by atoms with van der Waals surface area (Å²) in [5.41, 5.74) is 0.490. The smallest absolute Gasteiger partial charge is 0.174 e. The third-order valence-electron chi connectivity index (χ3n) is 4.22. The summed E-state index contributed by atoms with van der Waals surface area (Å²) in [7, 11) is 1.47. The van der Waals surface area contributed by atoms with E-state index in [2.05, 4.69) is 0 Å². The Morgan fingerprint density at radius 1 is 1.27 bits per heavy atom. The Balaban J connectivity index is 2.14. The Hall–Kier alpha value is -2.79. The molecule has 0 spiro atoms. The number of Topliss-reactive ketones (excluding diaryl/α,β-unsaturated/α-hetero) is 1. The van der Waals surface area contributed by atoms with Crippen molar-refractivity contribution in [3.05, 3.63) is 59.2 Å². The van der Waals surface area contributed by atoms with Crippen LogP contribution in [0.25, 0.3) is 6.08 Å². The van der Waals surface area contributed by atoms with Gasteiger partial charge in [0.15, 0.2) is 5.78 Å². The SMILES string of the molecule is COc1cc(O)c2c(c1/C=C/C(C)(C)O)O[C@@H](c1ccccc1)CC2=O. The first-order valence-electron chi connectivity index (χ1n) is 8.40. The number of phenolic OH excluding ortho intramolecular Hbond substituents is 1. The number of methoxy groups -OCH3 is 1. The van der Waals surface area contributed by atoms with Crippen molar-refractivity contribution in [3.63, 3.8) is 0 Å². The van der Waals surface area contributed by atoms with Gasteiger partial charge in [0.25, 0.3) is 0 Å². The van der Waals surface area contributed by atoms with Crippen LogP contribution in [-0.2, 0) is 0 Å². The van der Waals surface area contributed by atoms with E-state index in [1.807, 2.05) is 30.3 Å². The predicted octanol–water partition coefficient (Wildman–Crippen LogP) is 3.89. The molecular formula is C21H22O5. The van der Waals surface area contributed by atoms with Crippen molar-refractivity contribution in [1.82, 2.24) is 0 Å². The average molecular weight is 354 g/mol. The van der Waals surface area contributed by atoms with Crippen molar-refractivity contribution in [3.8, 4) is 17.2 Å². The van der Waals surface area contributed by atoms with Crippen molar-refractivity contribution >= 4 is 11.9 Å². The molecular weight excluding hydrogens is 332 g/mol. The molecule has 3 rings (SSSR count). The van der Waals surface area contributed by atoms with Gasteiger partial charge in [0.1, 0.15) is 28.9 Å². The second kappa shape index (κ2) is 6.84. The van der Waals surface area contributed by atoms with Crippen molar-refractivity contribution in [2.45, 2.75) is 32.0 Å². The summed E-state index contributed by atoms with van der Waals surface area (Å²) < 4.78 is 11.5. The Bertz CT molecular complexity index is 847. The molecule has 0 radical (unpaired) electrons. The van der Waals surface area contributed by atoms with Gasteiger partial charge in [-0.3, -0.25) is 4.79 Å². The van der Waals surface area contributed by atoms with Gasteiger partial charge in [-0.15, -0.1) is 0 Å². The quantitative estimate of drug-likeness (QED) is 0.871. The molecule has 5 nitrogen and oxygen atoms in total. The zero-order chi connectivity index (χ0) is 18.9. The number of aromatic hydroxyl groups is 1. The summed E-state index contributed by atoms with van der Waals surface area (Å²) in [4.78, 5) is 12.7. The van der Waals surface area contributed by atoms with Crippen LogP contribution in [0, 0.1) is 0 Å². The van der Waals surface area contributed by atoms with E-state index in [1.54, 1.807) is 26.0 Å². The number of ether oxygens (including phenoxy) is 2. The topological polar surface area (TPSA) is 76.0 Å². The fourth-order valence-corrected chi connectivity index (χ4v) is 2.95. The van der Waals surface area contributed by atoms with Gasteiger partial charge in [0, 0.05) is 6.07 Å². The minimum atomic E-state index is -1.05. The maximum Gasteiger partial charge on any atom is 0.174 e. The second-order valence-corrected chi connectivity index (χ2v) is 6.85. The van der Waals surface area contributed by atoms with E-state index in [4.69, 9.17) is 9.47 Å². The van der Waals surface area contributed by atoms with E-state index >= 15 is 0 Å². The van der Waals surface area contributed by atoms with Gasteiger partial charge in [-0.1, -0.05) is 36.4 Å². The molecule has 0 saturated heterocycles. The summed E-state index contributed by atoms with van der Waals surface area (Å²) >= 11 is 0. The lowest BCUT2D eigenvalue weighted by Gasteiger charge is -2.28. The molecule has 0 bridgehead atoms. The van der Waals surface area contributed by atoms with E-state index in [0.717, 1.165) is 5.56 Å². The highest BCUT2D eigenvalue weighted by molar-refractivity contribution is 6.04. The molecule has 0 amide bonds. The highest BCUT2D eigenvalue weighted by Crippen LogP contribution is 2.46. The highest BCUT2D eigenvalue weighted by Gasteiger charge is 2.33. The van der Waals surface area contributed by atoms with Crippen molar-refractivity contribution in [2.75, 3.05) is 7.11 Å². The first kappa shape index (κ1) is 18.0. The number of aliphatic hydroxyl groups is 1. The molecule has 2 N–H and O–H groups in total. The fourth-order valence-electron chi connectivity index (χ4n) is 2.95. The van der Waals surface area contributed by atoms with Crippen LogP contribution in [-0.4, -0.2) is 28.7 Å². The molecule has 1 aliphatic heterocycles. The van der Waals surface area contributed by atoms with Crippen LogP contribution in [0.3, 0.4) is 0 Å². The van der Waals surface area contributed by atoms with Gasteiger partial charge in [-0.2, -0.15) is 0 Å². The molecule has 2 aromatic carbocycles. The Morgan fingerprint density at radius 2 is 1.96 bits per heavy atom. The Morgan fingerprint density at radius 3 is 2.58 bits per heavy atom. The minimum Gasteiger partial charge on any atom is -0.507 e. The number of rotatable bonds is 4. The third-order valence-corrected chi connectivity index (χ3v) is 4.22. The molecule has 1 aliphatic rings. The number of benzene rings is 2. The van der Waals surface area contributed by atoms with E-state index in [-0.39, 0.29) is 29.3 Å². The number of carbonyl (C=O) groups is 1. The van der Waals surface area contributed by atoms with Gasteiger partial charge in [0.05, 0.1) is 24.7 Å². The number of hydrogen-bond acceptors (Lipinski definition) is 5. The molecule has 26 heavy (non-hydrogen) atoms. The molecule has 0 fully saturated rings. The van der Waals surface area contributed by atoms with Gasteiger partial charge in [-0.25, -0.2) is 0 Å². The Kier molecular flexibility index (Phi) is 4.74. The monoisotopic (exact) mass is 354 g/mol. The molecule has 0 unspecified atom stereocenters. The summed E-state index contributed by atoms with van der Waals surface area (Å²) in [6, 6.07) is 10.9. The zero-order valence-corrected chi connectivity index (χ0v) is 15.0. The van der Waals surface area contributed by atoms with Gasteiger partial charge < -0.3 is 19.7 Å². The van der Waals surface area contributed by atoms with Crippen molar-refractivity contribution < 1.29 is 24.5 Å². The Labute approximate surface area is 152 Å². The van der Waals surface area contributed by atoms with Crippen molar-refractivity contribution in [1.29, 1.82) is 0 Å². The molecule has 2 aromatic rings. The van der Waals surface area contributed by atoms with Crippen LogP contribution in [0.1, 0.15) is 47.9 Å². The van der Waals surface area contributed by atoms with E-state index < -0.39 is 11.7 Å². The lowest BCUT2D eigenvalue weighted by Crippen LogP contribution is -2.21. The molecule has 1 heterocycles. The normalized spacial score (nSPS) is 17.1. The number of hydrogen-bond donors (Lipinski definition) is 2. The second-order valence-electron chi connectivity index (χ2n) is 6.85. The molecule has 0 aliphatic carbocycles. The van der Waals surface area contributed by atoms with Crippen LogP contribution in [0.4, 0.5) is 0 Å². The van der Waals surface area contributed by atoms with Crippen LogP contribution < -0.4 is 9.47 Å². The molecule has 1 atom stereocenters. The zero-order valence-electron chi connectivity index (χ0n) is 15.0. The first-order chi connectivity index (χ1) is 12.3. The summed E-state index contributed by atoms with van der Waals surface area (Å²) in [5.74, 6) is 0.266. The number of phenols is 1. The maximum absolute atomic E-state index is 12.7. The molecule has 136 valence electrons. The highest BCUT2D eigenvalue weighted by atomic mass is 16.5. The first-order valence-corrected chi connectivity index (χ1v) is 8.40. The molecule has 0 aromatic heterocycles. The van der Waals surface area contributed by atoms with Crippen LogP contribution in [0.2, 0.25) is 0 Å². The third kappa shape index (κ3) is 3.58. The number of carbonyl (C=O) groups excluding carboxylic acids is 1.